The van der Waals surface area contributed by atoms with E-state index in [1.54, 1.807) is 0 Å². The molecule has 2 atom stereocenters. The second-order valence-electron chi connectivity index (χ2n) is 7.18. The summed E-state index contributed by atoms with van der Waals surface area (Å²) in [4.78, 5) is 0. The Bertz CT molecular complexity index is 611. The Kier molecular flexibility index (Phi) is 3.16. The fourth-order valence-electron chi connectivity index (χ4n) is 4.30. The van der Waals surface area contributed by atoms with E-state index in [-0.39, 0.29) is 11.2 Å². The molecule has 4 rings (SSSR count). The average molecular weight is 292 g/mol. The molecular formula is C21H24O. The lowest BCUT2D eigenvalue weighted by molar-refractivity contribution is -0.149. The lowest BCUT2D eigenvalue weighted by atomic mass is 9.84. The number of ether oxygens (including phenoxy) is 1. The van der Waals surface area contributed by atoms with Crippen molar-refractivity contribution in [1.29, 1.82) is 0 Å². The van der Waals surface area contributed by atoms with Gasteiger partial charge in [0.25, 0.3) is 0 Å². The molecule has 0 aliphatic carbocycles. The van der Waals surface area contributed by atoms with Crippen LogP contribution in [0.25, 0.3) is 0 Å². The summed E-state index contributed by atoms with van der Waals surface area (Å²) in [5.74, 6) is 0. The summed E-state index contributed by atoms with van der Waals surface area (Å²) in [7, 11) is 0. The summed E-state index contributed by atoms with van der Waals surface area (Å²) in [6, 6.07) is 17.9. The number of hydrogen-bond donors (Lipinski definition) is 0. The summed E-state index contributed by atoms with van der Waals surface area (Å²) in [5.41, 5.74) is 5.25. The Morgan fingerprint density at radius 3 is 1.45 bits per heavy atom. The lowest BCUT2D eigenvalue weighted by Gasteiger charge is -2.41. The molecule has 22 heavy (non-hydrogen) atoms. The van der Waals surface area contributed by atoms with Crippen LogP contribution in [0, 0.1) is 13.8 Å². The molecule has 114 valence electrons. The van der Waals surface area contributed by atoms with Crippen molar-refractivity contribution in [2.75, 3.05) is 0 Å². The molecule has 2 bridgehead atoms. The zero-order valence-corrected chi connectivity index (χ0v) is 13.6. The van der Waals surface area contributed by atoms with Crippen molar-refractivity contribution >= 4 is 0 Å². The van der Waals surface area contributed by atoms with E-state index in [1.165, 1.54) is 28.7 Å². The number of rotatable bonds is 2. The van der Waals surface area contributed by atoms with Gasteiger partial charge in [-0.1, -0.05) is 59.7 Å². The lowest BCUT2D eigenvalue weighted by Crippen LogP contribution is -2.36. The van der Waals surface area contributed by atoms with Crippen LogP contribution in [0.4, 0.5) is 0 Å². The van der Waals surface area contributed by atoms with Crippen LogP contribution >= 0.6 is 0 Å². The van der Waals surface area contributed by atoms with Gasteiger partial charge in [-0.15, -0.1) is 0 Å². The maximum absolute atomic E-state index is 6.82. The predicted octanol–water partition coefficient (Wildman–Crippen LogP) is 5.39. The first kappa shape index (κ1) is 14.0. The first-order valence-corrected chi connectivity index (χ1v) is 8.47. The fraction of sp³-hybridized carbons (Fsp3) is 0.429. The molecule has 2 saturated heterocycles. The van der Waals surface area contributed by atoms with Crippen LogP contribution in [-0.2, 0) is 15.9 Å². The molecule has 2 aliphatic heterocycles. The van der Waals surface area contributed by atoms with Crippen LogP contribution in [0.5, 0.6) is 0 Å². The van der Waals surface area contributed by atoms with Crippen molar-refractivity contribution in [3.8, 4) is 0 Å². The van der Waals surface area contributed by atoms with Gasteiger partial charge in [0.15, 0.2) is 0 Å². The molecule has 0 saturated carbocycles. The molecule has 0 amide bonds. The van der Waals surface area contributed by atoms with Crippen LogP contribution in [-0.4, -0.2) is 0 Å². The summed E-state index contributed by atoms with van der Waals surface area (Å²) in [5, 5.41) is 0. The number of fused-ring (bicyclic) bond motifs is 2. The third kappa shape index (κ3) is 2.11. The quantitative estimate of drug-likeness (QED) is 0.721. The molecule has 0 aromatic heterocycles. The summed E-state index contributed by atoms with van der Waals surface area (Å²) in [6.45, 7) is 4.29. The van der Waals surface area contributed by atoms with Gasteiger partial charge in [0, 0.05) is 0 Å². The van der Waals surface area contributed by atoms with E-state index in [2.05, 4.69) is 62.4 Å². The van der Waals surface area contributed by atoms with Crippen molar-refractivity contribution in [3.05, 3.63) is 70.8 Å². The van der Waals surface area contributed by atoms with Gasteiger partial charge in [0.05, 0.1) is 11.2 Å². The van der Waals surface area contributed by atoms with Crippen molar-refractivity contribution in [1.82, 2.24) is 0 Å². The van der Waals surface area contributed by atoms with Gasteiger partial charge in [0.1, 0.15) is 0 Å². The smallest absolute Gasteiger partial charge is 0.0944 e. The van der Waals surface area contributed by atoms with Gasteiger partial charge >= 0.3 is 0 Å². The molecule has 2 aromatic carbocycles. The van der Waals surface area contributed by atoms with Crippen LogP contribution < -0.4 is 0 Å². The van der Waals surface area contributed by atoms with Gasteiger partial charge in [-0.05, 0) is 57.1 Å². The van der Waals surface area contributed by atoms with Crippen molar-refractivity contribution in [3.63, 3.8) is 0 Å². The molecule has 0 radical (unpaired) electrons. The Morgan fingerprint density at radius 1 is 0.636 bits per heavy atom. The first-order chi connectivity index (χ1) is 10.6. The monoisotopic (exact) mass is 292 g/mol. The third-order valence-corrected chi connectivity index (χ3v) is 5.64. The number of hydrogen-bond acceptors (Lipinski definition) is 1. The van der Waals surface area contributed by atoms with Crippen LogP contribution in [0.3, 0.4) is 0 Å². The molecular weight excluding hydrogens is 268 g/mol. The minimum atomic E-state index is -0.0587. The standard InChI is InChI=1S/C21H24O/c1-16-4-8-18(9-5-16)20-12-3-13-21(22-20,15-14-20)19-10-6-17(2)7-11-19/h4-11H,3,12-15H2,1-2H3. The Morgan fingerprint density at radius 2 is 1.05 bits per heavy atom. The Balaban J connectivity index is 1.71. The summed E-state index contributed by atoms with van der Waals surface area (Å²) >= 11 is 0. The molecule has 1 heteroatoms. The molecule has 2 fully saturated rings. The van der Waals surface area contributed by atoms with Gasteiger partial charge in [0.2, 0.25) is 0 Å². The molecule has 0 N–H and O–H groups in total. The maximum Gasteiger partial charge on any atom is 0.0944 e. The second-order valence-corrected chi connectivity index (χ2v) is 7.18. The topological polar surface area (TPSA) is 9.23 Å². The van der Waals surface area contributed by atoms with E-state index in [4.69, 9.17) is 4.74 Å². The van der Waals surface area contributed by atoms with E-state index in [0.717, 1.165) is 25.7 Å². The number of aryl methyl sites for hydroxylation is 2. The van der Waals surface area contributed by atoms with E-state index in [0.29, 0.717) is 0 Å². The van der Waals surface area contributed by atoms with Gasteiger partial charge in [-0.2, -0.15) is 0 Å². The molecule has 1 nitrogen and oxygen atoms in total. The summed E-state index contributed by atoms with van der Waals surface area (Å²) in [6.07, 6.45) is 5.85. The second kappa shape index (κ2) is 4.96. The molecule has 2 aliphatic rings. The zero-order chi connectivity index (χ0) is 15.2. The van der Waals surface area contributed by atoms with E-state index in [1.807, 2.05) is 0 Å². The highest BCUT2D eigenvalue weighted by molar-refractivity contribution is 5.33. The normalized spacial score (nSPS) is 30.5. The molecule has 2 aromatic rings. The highest BCUT2D eigenvalue weighted by Crippen LogP contribution is 2.57. The number of benzene rings is 2. The Labute approximate surface area is 133 Å². The minimum absolute atomic E-state index is 0.0587. The van der Waals surface area contributed by atoms with Crippen LogP contribution in [0.1, 0.15) is 54.4 Å². The largest absolute Gasteiger partial charge is 0.359 e. The zero-order valence-electron chi connectivity index (χ0n) is 13.6. The molecule has 2 unspecified atom stereocenters. The van der Waals surface area contributed by atoms with Crippen molar-refractivity contribution in [2.24, 2.45) is 0 Å². The van der Waals surface area contributed by atoms with E-state index >= 15 is 0 Å². The summed E-state index contributed by atoms with van der Waals surface area (Å²) < 4.78 is 6.82. The van der Waals surface area contributed by atoms with Gasteiger partial charge in [-0.25, -0.2) is 0 Å². The van der Waals surface area contributed by atoms with Gasteiger partial charge in [-0.3, -0.25) is 0 Å². The molecule has 2 heterocycles. The first-order valence-electron chi connectivity index (χ1n) is 8.47. The van der Waals surface area contributed by atoms with Crippen molar-refractivity contribution < 1.29 is 4.74 Å². The minimum Gasteiger partial charge on any atom is -0.359 e. The fourth-order valence-corrected chi connectivity index (χ4v) is 4.30. The SMILES string of the molecule is Cc1ccc(C23CCCC(c4ccc(C)cc4)(CC2)O3)cc1. The third-order valence-electron chi connectivity index (χ3n) is 5.64. The van der Waals surface area contributed by atoms with E-state index in [9.17, 15) is 0 Å². The van der Waals surface area contributed by atoms with Gasteiger partial charge < -0.3 is 4.74 Å². The van der Waals surface area contributed by atoms with Crippen LogP contribution in [0.2, 0.25) is 0 Å². The molecule has 0 spiro atoms. The van der Waals surface area contributed by atoms with Crippen molar-refractivity contribution in [2.45, 2.75) is 57.2 Å². The highest BCUT2D eigenvalue weighted by Gasteiger charge is 2.53. The Hall–Kier alpha value is -1.60. The highest BCUT2D eigenvalue weighted by atomic mass is 16.5. The van der Waals surface area contributed by atoms with E-state index < -0.39 is 0 Å². The van der Waals surface area contributed by atoms with Crippen LogP contribution in [0.15, 0.2) is 48.5 Å². The maximum atomic E-state index is 6.82. The average Bonchev–Trinajstić information content (AvgIpc) is 2.81. The predicted molar refractivity (Wildman–Crippen MR) is 89.9 cm³/mol.